The molecule has 2 heterocycles. The lowest BCUT2D eigenvalue weighted by Gasteiger charge is -2.20. The zero-order valence-corrected chi connectivity index (χ0v) is 12.2. The van der Waals surface area contributed by atoms with Gasteiger partial charge in [-0.2, -0.15) is 4.31 Å². The van der Waals surface area contributed by atoms with E-state index in [2.05, 4.69) is 10.2 Å². The van der Waals surface area contributed by atoms with Crippen LogP contribution in [0.1, 0.15) is 31.7 Å². The highest BCUT2D eigenvalue weighted by Crippen LogP contribution is 2.33. The maximum Gasteiger partial charge on any atom is 0.335 e. The fraction of sp³-hybridized carbons (Fsp3) is 0.778. The summed E-state index contributed by atoms with van der Waals surface area (Å²) in [6.45, 7) is 1.94. The van der Waals surface area contributed by atoms with Crippen molar-refractivity contribution in [3.8, 4) is 0 Å². The average molecular weight is 309 g/mol. The van der Waals surface area contributed by atoms with Crippen molar-refractivity contribution in [2.45, 2.75) is 31.0 Å². The SMILES string of the molecule is CCS(=O)(=O)N1CCC[C@H]1c1nnc(S(C)(=O)=O)o1. The molecule has 0 bridgehead atoms. The van der Waals surface area contributed by atoms with Crippen LogP contribution in [-0.2, 0) is 19.9 Å². The van der Waals surface area contributed by atoms with Crippen LogP contribution in [-0.4, -0.2) is 49.9 Å². The van der Waals surface area contributed by atoms with Crippen molar-refractivity contribution in [2.75, 3.05) is 18.6 Å². The number of nitrogens with zero attached hydrogens (tertiary/aromatic N) is 3. The number of hydrogen-bond donors (Lipinski definition) is 0. The predicted molar refractivity (Wildman–Crippen MR) is 65.5 cm³/mol. The second kappa shape index (κ2) is 4.84. The maximum absolute atomic E-state index is 11.9. The van der Waals surface area contributed by atoms with Crippen LogP contribution in [0.3, 0.4) is 0 Å². The molecule has 10 heteroatoms. The summed E-state index contributed by atoms with van der Waals surface area (Å²) in [6.07, 6.45) is 2.19. The fourth-order valence-electron chi connectivity index (χ4n) is 1.99. The Balaban J connectivity index is 2.34. The first kappa shape index (κ1) is 14.4. The number of sulfone groups is 1. The molecule has 0 spiro atoms. The molecule has 1 aromatic heterocycles. The van der Waals surface area contributed by atoms with Gasteiger partial charge in [0.25, 0.3) is 0 Å². The summed E-state index contributed by atoms with van der Waals surface area (Å²) in [4.78, 5) is 0. The first-order valence-corrected chi connectivity index (χ1v) is 9.28. The first-order chi connectivity index (χ1) is 8.75. The van der Waals surface area contributed by atoms with Gasteiger partial charge in [0.1, 0.15) is 6.04 Å². The van der Waals surface area contributed by atoms with Gasteiger partial charge in [0.2, 0.25) is 25.8 Å². The summed E-state index contributed by atoms with van der Waals surface area (Å²) in [5.74, 6) is 0.0197. The molecule has 0 unspecified atom stereocenters. The van der Waals surface area contributed by atoms with Crippen LogP contribution in [0.25, 0.3) is 0 Å². The van der Waals surface area contributed by atoms with E-state index < -0.39 is 31.1 Å². The van der Waals surface area contributed by atoms with Gasteiger partial charge in [0.05, 0.1) is 5.75 Å². The van der Waals surface area contributed by atoms with Crippen LogP contribution in [0.2, 0.25) is 0 Å². The monoisotopic (exact) mass is 309 g/mol. The molecular formula is C9H15N3O5S2. The molecule has 0 N–H and O–H groups in total. The topological polar surface area (TPSA) is 110 Å². The van der Waals surface area contributed by atoms with E-state index in [-0.39, 0.29) is 11.6 Å². The molecule has 0 radical (unpaired) electrons. The minimum absolute atomic E-state index is 0.0173. The third-order valence-corrected chi connectivity index (χ3v) is 5.63. The third kappa shape index (κ3) is 2.79. The molecule has 8 nitrogen and oxygen atoms in total. The Morgan fingerprint density at radius 2 is 2.00 bits per heavy atom. The number of rotatable bonds is 4. The highest BCUT2D eigenvalue weighted by Gasteiger charge is 2.37. The van der Waals surface area contributed by atoms with Crippen LogP contribution < -0.4 is 0 Å². The Hall–Kier alpha value is -1.00. The van der Waals surface area contributed by atoms with Crippen LogP contribution in [0.4, 0.5) is 0 Å². The Morgan fingerprint density at radius 1 is 1.32 bits per heavy atom. The summed E-state index contributed by atoms with van der Waals surface area (Å²) in [7, 11) is -6.94. The van der Waals surface area contributed by atoms with Gasteiger partial charge in [-0.1, -0.05) is 5.10 Å². The number of hydrogen-bond acceptors (Lipinski definition) is 7. The molecule has 19 heavy (non-hydrogen) atoms. The Morgan fingerprint density at radius 3 is 2.53 bits per heavy atom. The molecular weight excluding hydrogens is 294 g/mol. The normalized spacial score (nSPS) is 21.9. The lowest BCUT2D eigenvalue weighted by molar-refractivity contribution is 0.304. The van der Waals surface area contributed by atoms with Gasteiger partial charge in [0.15, 0.2) is 0 Å². The highest BCUT2D eigenvalue weighted by molar-refractivity contribution is 7.90. The standard InChI is InChI=1S/C9H15N3O5S2/c1-3-19(15,16)12-6-4-5-7(12)8-10-11-9(17-8)18(2,13)14/h7H,3-6H2,1-2H3/t7-/m0/s1. The van der Waals surface area contributed by atoms with Crippen LogP contribution in [0, 0.1) is 0 Å². The van der Waals surface area contributed by atoms with E-state index in [1.807, 2.05) is 0 Å². The molecule has 0 aromatic carbocycles. The molecule has 0 saturated carbocycles. The largest absolute Gasteiger partial charge is 0.411 e. The van der Waals surface area contributed by atoms with Crippen molar-refractivity contribution >= 4 is 19.9 Å². The average Bonchev–Trinajstić information content (AvgIpc) is 2.96. The van der Waals surface area contributed by atoms with Crippen molar-refractivity contribution in [3.63, 3.8) is 0 Å². The van der Waals surface area contributed by atoms with Gasteiger partial charge >= 0.3 is 5.22 Å². The number of aromatic nitrogens is 2. The van der Waals surface area contributed by atoms with E-state index in [9.17, 15) is 16.8 Å². The van der Waals surface area contributed by atoms with Gasteiger partial charge in [-0.3, -0.25) is 0 Å². The molecule has 1 atom stereocenters. The zero-order valence-electron chi connectivity index (χ0n) is 10.6. The molecule has 0 amide bonds. The Labute approximate surface area is 111 Å². The van der Waals surface area contributed by atoms with Gasteiger partial charge in [-0.25, -0.2) is 16.8 Å². The minimum Gasteiger partial charge on any atom is -0.411 e. The lowest BCUT2D eigenvalue weighted by atomic mass is 10.2. The van der Waals surface area contributed by atoms with Crippen LogP contribution in [0.5, 0.6) is 0 Å². The van der Waals surface area contributed by atoms with Crippen LogP contribution in [0.15, 0.2) is 9.64 Å². The molecule has 1 saturated heterocycles. The van der Waals surface area contributed by atoms with Gasteiger partial charge in [-0.15, -0.1) is 5.10 Å². The van der Waals surface area contributed by atoms with Gasteiger partial charge < -0.3 is 4.42 Å². The zero-order chi connectivity index (χ0) is 14.3. The van der Waals surface area contributed by atoms with Gasteiger partial charge in [0, 0.05) is 12.8 Å². The summed E-state index contributed by atoms with van der Waals surface area (Å²) in [5.41, 5.74) is 0. The molecule has 108 valence electrons. The summed E-state index contributed by atoms with van der Waals surface area (Å²) >= 11 is 0. The van der Waals surface area contributed by atoms with E-state index in [0.717, 1.165) is 6.26 Å². The molecule has 1 aliphatic rings. The minimum atomic E-state index is -3.58. The molecule has 1 aliphatic heterocycles. The van der Waals surface area contributed by atoms with E-state index >= 15 is 0 Å². The smallest absolute Gasteiger partial charge is 0.335 e. The molecule has 2 rings (SSSR count). The molecule has 1 fully saturated rings. The van der Waals surface area contributed by atoms with Crippen molar-refractivity contribution in [1.82, 2.24) is 14.5 Å². The molecule has 1 aromatic rings. The second-order valence-corrected chi connectivity index (χ2v) is 8.45. The summed E-state index contributed by atoms with van der Waals surface area (Å²) in [6, 6.07) is -0.562. The lowest BCUT2D eigenvalue weighted by Crippen LogP contribution is -2.32. The summed E-state index contributed by atoms with van der Waals surface area (Å²) in [5, 5.41) is 6.63. The second-order valence-electron chi connectivity index (χ2n) is 4.35. The fourth-order valence-corrected chi connectivity index (χ4v) is 3.74. The third-order valence-electron chi connectivity index (χ3n) is 2.95. The van der Waals surface area contributed by atoms with E-state index in [1.165, 1.54) is 4.31 Å². The first-order valence-electron chi connectivity index (χ1n) is 5.78. The Kier molecular flexibility index (Phi) is 3.67. The van der Waals surface area contributed by atoms with Crippen LogP contribution >= 0.6 is 0 Å². The van der Waals surface area contributed by atoms with Crippen molar-refractivity contribution < 1.29 is 21.3 Å². The van der Waals surface area contributed by atoms with Crippen molar-refractivity contribution in [3.05, 3.63) is 5.89 Å². The van der Waals surface area contributed by atoms with E-state index in [0.29, 0.717) is 19.4 Å². The predicted octanol–water partition coefficient (Wildman–Crippen LogP) is -0.0403. The maximum atomic E-state index is 11.9. The van der Waals surface area contributed by atoms with Crippen molar-refractivity contribution in [1.29, 1.82) is 0 Å². The number of sulfonamides is 1. The van der Waals surface area contributed by atoms with Gasteiger partial charge in [-0.05, 0) is 19.8 Å². The Bertz CT molecular complexity index is 664. The van der Waals surface area contributed by atoms with E-state index in [4.69, 9.17) is 4.42 Å². The highest BCUT2D eigenvalue weighted by atomic mass is 32.2. The van der Waals surface area contributed by atoms with Crippen molar-refractivity contribution in [2.24, 2.45) is 0 Å². The quantitative estimate of drug-likeness (QED) is 0.767. The summed E-state index contributed by atoms with van der Waals surface area (Å²) < 4.78 is 52.7. The van der Waals surface area contributed by atoms with E-state index in [1.54, 1.807) is 6.92 Å². The molecule has 0 aliphatic carbocycles.